The molecule has 112 valence electrons. The van der Waals surface area contributed by atoms with Crippen LogP contribution in [0.3, 0.4) is 0 Å². The Hall–Kier alpha value is -0.820. The minimum Gasteiger partial charge on any atom is -0.370 e. The summed E-state index contributed by atoms with van der Waals surface area (Å²) >= 11 is 0. The first-order valence-electron chi connectivity index (χ1n) is 7.12. The number of benzene rings is 1. The summed E-state index contributed by atoms with van der Waals surface area (Å²) in [7, 11) is 0. The Morgan fingerprint density at radius 2 is 2.15 bits per heavy atom. The highest BCUT2D eigenvalue weighted by Gasteiger charge is 2.18. The SMILES string of the molecule is CCN1CCCC(CN=C(N)Nc2ccccc2)C1.I. The smallest absolute Gasteiger partial charge is 0.193 e. The topological polar surface area (TPSA) is 53.6 Å². The van der Waals surface area contributed by atoms with Crippen molar-refractivity contribution in [3.63, 3.8) is 0 Å². The van der Waals surface area contributed by atoms with E-state index in [0.717, 1.165) is 25.3 Å². The van der Waals surface area contributed by atoms with E-state index in [1.807, 2.05) is 30.3 Å². The number of anilines is 1. The average molecular weight is 388 g/mol. The average Bonchev–Trinajstić information content (AvgIpc) is 2.46. The van der Waals surface area contributed by atoms with Crippen molar-refractivity contribution in [2.45, 2.75) is 19.8 Å². The number of rotatable bonds is 4. The second-order valence-corrected chi connectivity index (χ2v) is 5.12. The van der Waals surface area contributed by atoms with Gasteiger partial charge in [-0.15, -0.1) is 24.0 Å². The Morgan fingerprint density at radius 3 is 2.85 bits per heavy atom. The number of nitrogens with one attached hydrogen (secondary N) is 1. The van der Waals surface area contributed by atoms with Crippen LogP contribution in [0.2, 0.25) is 0 Å². The maximum Gasteiger partial charge on any atom is 0.193 e. The van der Waals surface area contributed by atoms with Gasteiger partial charge in [0.25, 0.3) is 0 Å². The summed E-state index contributed by atoms with van der Waals surface area (Å²) in [6.45, 7) is 6.56. The van der Waals surface area contributed by atoms with Crippen LogP contribution in [0, 0.1) is 5.92 Å². The molecule has 1 atom stereocenters. The molecule has 2 rings (SSSR count). The molecule has 1 aliphatic rings. The fraction of sp³-hybridized carbons (Fsp3) is 0.533. The number of guanidine groups is 1. The summed E-state index contributed by atoms with van der Waals surface area (Å²) in [5, 5.41) is 3.12. The van der Waals surface area contributed by atoms with E-state index in [1.54, 1.807) is 0 Å². The number of hydrogen-bond acceptors (Lipinski definition) is 2. The quantitative estimate of drug-likeness (QED) is 0.474. The maximum absolute atomic E-state index is 5.92. The maximum atomic E-state index is 5.92. The molecule has 0 spiro atoms. The second-order valence-electron chi connectivity index (χ2n) is 5.12. The molecule has 5 heteroatoms. The summed E-state index contributed by atoms with van der Waals surface area (Å²) < 4.78 is 0. The van der Waals surface area contributed by atoms with Gasteiger partial charge in [0.2, 0.25) is 0 Å². The van der Waals surface area contributed by atoms with E-state index in [4.69, 9.17) is 5.73 Å². The molecule has 4 nitrogen and oxygen atoms in total. The molecule has 1 heterocycles. The Labute approximate surface area is 138 Å². The third-order valence-electron chi connectivity index (χ3n) is 3.62. The zero-order chi connectivity index (χ0) is 13.5. The molecule has 0 radical (unpaired) electrons. The Kier molecular flexibility index (Phi) is 7.91. The number of nitrogens with zero attached hydrogens (tertiary/aromatic N) is 2. The van der Waals surface area contributed by atoms with Crippen LogP contribution >= 0.6 is 24.0 Å². The molecule has 1 unspecified atom stereocenters. The van der Waals surface area contributed by atoms with Crippen LogP contribution in [0.5, 0.6) is 0 Å². The number of aliphatic imine (C=N–C) groups is 1. The van der Waals surface area contributed by atoms with Crippen molar-refractivity contribution in [1.29, 1.82) is 0 Å². The number of piperidine rings is 1. The van der Waals surface area contributed by atoms with E-state index >= 15 is 0 Å². The van der Waals surface area contributed by atoms with E-state index < -0.39 is 0 Å². The van der Waals surface area contributed by atoms with E-state index in [-0.39, 0.29) is 24.0 Å². The van der Waals surface area contributed by atoms with Crippen LogP contribution in [0.15, 0.2) is 35.3 Å². The van der Waals surface area contributed by atoms with Crippen LogP contribution in [0.4, 0.5) is 5.69 Å². The minimum atomic E-state index is 0. The molecule has 0 amide bonds. The van der Waals surface area contributed by atoms with Gasteiger partial charge < -0.3 is 16.0 Å². The van der Waals surface area contributed by atoms with Crippen LogP contribution in [-0.2, 0) is 0 Å². The first-order chi connectivity index (χ1) is 9.28. The van der Waals surface area contributed by atoms with Gasteiger partial charge in [0.15, 0.2) is 5.96 Å². The number of hydrogen-bond donors (Lipinski definition) is 2. The summed E-state index contributed by atoms with van der Waals surface area (Å²) in [5.74, 6) is 1.16. The third-order valence-corrected chi connectivity index (χ3v) is 3.62. The molecule has 1 aliphatic heterocycles. The van der Waals surface area contributed by atoms with Crippen molar-refractivity contribution in [1.82, 2.24) is 4.90 Å². The van der Waals surface area contributed by atoms with Gasteiger partial charge in [-0.05, 0) is 44.0 Å². The molecule has 1 saturated heterocycles. The van der Waals surface area contributed by atoms with E-state index in [0.29, 0.717) is 11.9 Å². The molecule has 1 aromatic carbocycles. The fourth-order valence-electron chi connectivity index (χ4n) is 2.52. The van der Waals surface area contributed by atoms with Gasteiger partial charge in [0.1, 0.15) is 0 Å². The minimum absolute atomic E-state index is 0. The van der Waals surface area contributed by atoms with E-state index in [2.05, 4.69) is 22.1 Å². The Balaban J connectivity index is 0.00000200. The Bertz CT molecular complexity index is 408. The highest BCUT2D eigenvalue weighted by molar-refractivity contribution is 14.0. The van der Waals surface area contributed by atoms with Crippen LogP contribution in [0.25, 0.3) is 0 Å². The summed E-state index contributed by atoms with van der Waals surface area (Å²) in [6.07, 6.45) is 2.54. The predicted molar refractivity (Wildman–Crippen MR) is 96.8 cm³/mol. The van der Waals surface area contributed by atoms with Crippen molar-refractivity contribution >= 4 is 35.6 Å². The highest BCUT2D eigenvalue weighted by Crippen LogP contribution is 2.16. The van der Waals surface area contributed by atoms with Gasteiger partial charge >= 0.3 is 0 Å². The third kappa shape index (κ3) is 5.66. The molecule has 0 aliphatic carbocycles. The lowest BCUT2D eigenvalue weighted by atomic mass is 9.98. The second kappa shape index (κ2) is 9.18. The van der Waals surface area contributed by atoms with Crippen LogP contribution in [-0.4, -0.2) is 37.0 Å². The molecule has 0 aromatic heterocycles. The van der Waals surface area contributed by atoms with Gasteiger partial charge in [0, 0.05) is 18.8 Å². The van der Waals surface area contributed by atoms with Crippen molar-refractivity contribution in [3.8, 4) is 0 Å². The molecule has 20 heavy (non-hydrogen) atoms. The monoisotopic (exact) mass is 388 g/mol. The molecule has 0 saturated carbocycles. The summed E-state index contributed by atoms with van der Waals surface area (Å²) in [5.41, 5.74) is 6.90. The number of nitrogens with two attached hydrogens (primary N) is 1. The van der Waals surface area contributed by atoms with E-state index in [1.165, 1.54) is 19.4 Å². The fourth-order valence-corrected chi connectivity index (χ4v) is 2.52. The number of likely N-dealkylation sites (tertiary alicyclic amines) is 1. The standard InChI is InChI=1S/C15H24N4.HI/c1-2-19-10-6-7-13(12-19)11-17-15(16)18-14-8-4-3-5-9-14;/h3-5,8-9,13H,2,6-7,10-12H2,1H3,(H3,16,17,18);1H. The molecule has 3 N–H and O–H groups in total. The predicted octanol–water partition coefficient (Wildman–Crippen LogP) is 2.76. The van der Waals surface area contributed by atoms with Crippen molar-refractivity contribution in [3.05, 3.63) is 30.3 Å². The lowest BCUT2D eigenvalue weighted by Crippen LogP contribution is -2.36. The van der Waals surface area contributed by atoms with Crippen molar-refractivity contribution in [2.24, 2.45) is 16.6 Å². The van der Waals surface area contributed by atoms with Crippen LogP contribution < -0.4 is 11.1 Å². The van der Waals surface area contributed by atoms with Crippen molar-refractivity contribution < 1.29 is 0 Å². The van der Waals surface area contributed by atoms with Crippen molar-refractivity contribution in [2.75, 3.05) is 31.5 Å². The molecule has 0 bridgehead atoms. The summed E-state index contributed by atoms with van der Waals surface area (Å²) in [6, 6.07) is 9.93. The van der Waals surface area contributed by atoms with Gasteiger partial charge in [0.05, 0.1) is 0 Å². The van der Waals surface area contributed by atoms with Gasteiger partial charge in [-0.25, -0.2) is 0 Å². The van der Waals surface area contributed by atoms with Gasteiger partial charge in [-0.2, -0.15) is 0 Å². The summed E-state index contributed by atoms with van der Waals surface area (Å²) in [4.78, 5) is 6.96. The van der Waals surface area contributed by atoms with Crippen LogP contribution in [0.1, 0.15) is 19.8 Å². The highest BCUT2D eigenvalue weighted by atomic mass is 127. The number of para-hydroxylation sites is 1. The lowest BCUT2D eigenvalue weighted by molar-refractivity contribution is 0.187. The zero-order valence-electron chi connectivity index (χ0n) is 12.1. The number of halogens is 1. The van der Waals surface area contributed by atoms with E-state index in [9.17, 15) is 0 Å². The lowest BCUT2D eigenvalue weighted by Gasteiger charge is -2.30. The van der Waals surface area contributed by atoms with Gasteiger partial charge in [-0.1, -0.05) is 25.1 Å². The molecule has 1 fully saturated rings. The first-order valence-corrected chi connectivity index (χ1v) is 7.12. The molecular weight excluding hydrogens is 363 g/mol. The van der Waals surface area contributed by atoms with Gasteiger partial charge in [-0.3, -0.25) is 4.99 Å². The molecule has 1 aromatic rings. The zero-order valence-corrected chi connectivity index (χ0v) is 14.4. The Morgan fingerprint density at radius 1 is 1.40 bits per heavy atom. The first kappa shape index (κ1) is 17.2. The molecular formula is C15H25IN4. The normalized spacial score (nSPS) is 20.2. The largest absolute Gasteiger partial charge is 0.370 e.